The van der Waals surface area contributed by atoms with Crippen molar-refractivity contribution < 1.29 is 23.6 Å². The van der Waals surface area contributed by atoms with Crippen molar-refractivity contribution in [3.63, 3.8) is 0 Å². The van der Waals surface area contributed by atoms with E-state index in [2.05, 4.69) is 10.9 Å². The fraction of sp³-hybridized carbons (Fsp3) is 0.111. The van der Waals surface area contributed by atoms with Crippen molar-refractivity contribution in [1.29, 1.82) is 0 Å². The van der Waals surface area contributed by atoms with E-state index < -0.39 is 29.4 Å². The summed E-state index contributed by atoms with van der Waals surface area (Å²) in [5.41, 5.74) is 4.60. The molecule has 0 spiro atoms. The van der Waals surface area contributed by atoms with Crippen molar-refractivity contribution in [1.82, 2.24) is 15.8 Å². The van der Waals surface area contributed by atoms with E-state index >= 15 is 0 Å². The number of hydrazine groups is 1. The second-order valence-corrected chi connectivity index (χ2v) is 5.54. The summed E-state index contributed by atoms with van der Waals surface area (Å²) in [6.45, 7) is -0.131. The number of carbonyl (C=O) groups excluding carboxylic acids is 4. The molecule has 2 aromatic rings. The Morgan fingerprint density at radius 2 is 1.46 bits per heavy atom. The number of amides is 4. The summed E-state index contributed by atoms with van der Waals surface area (Å²) in [7, 11) is 0. The molecule has 0 aliphatic carbocycles. The smallest absolute Gasteiger partial charge is 0.272 e. The van der Waals surface area contributed by atoms with Crippen molar-refractivity contribution in [3.05, 3.63) is 71.0 Å². The van der Waals surface area contributed by atoms with Crippen LogP contribution in [0.4, 0.5) is 4.39 Å². The Labute approximate surface area is 147 Å². The Bertz CT molecular complexity index is 878. The first-order valence-electron chi connectivity index (χ1n) is 7.78. The lowest BCUT2D eigenvalue weighted by Crippen LogP contribution is -2.43. The minimum absolute atomic E-state index is 0.131. The maximum atomic E-state index is 13.5. The van der Waals surface area contributed by atoms with E-state index in [-0.39, 0.29) is 18.5 Å². The first-order valence-corrected chi connectivity index (χ1v) is 7.78. The first kappa shape index (κ1) is 17.3. The van der Waals surface area contributed by atoms with Crippen LogP contribution < -0.4 is 10.9 Å². The molecule has 4 amide bonds. The van der Waals surface area contributed by atoms with Gasteiger partial charge >= 0.3 is 0 Å². The van der Waals surface area contributed by atoms with E-state index in [9.17, 15) is 23.6 Å². The fourth-order valence-electron chi connectivity index (χ4n) is 2.56. The van der Waals surface area contributed by atoms with Crippen molar-refractivity contribution in [2.24, 2.45) is 0 Å². The summed E-state index contributed by atoms with van der Waals surface area (Å²) in [5, 5.41) is 0. The lowest BCUT2D eigenvalue weighted by molar-refractivity contribution is -0.121. The molecule has 8 heteroatoms. The van der Waals surface area contributed by atoms with Gasteiger partial charge in [-0.05, 0) is 24.3 Å². The highest BCUT2D eigenvalue weighted by Gasteiger charge is 2.34. The van der Waals surface area contributed by atoms with Crippen LogP contribution in [0.5, 0.6) is 0 Å². The van der Waals surface area contributed by atoms with Gasteiger partial charge in [-0.1, -0.05) is 24.3 Å². The third kappa shape index (κ3) is 3.30. The van der Waals surface area contributed by atoms with Crippen LogP contribution in [0, 0.1) is 5.82 Å². The molecule has 1 heterocycles. The molecule has 1 aliphatic heterocycles. The highest BCUT2D eigenvalue weighted by molar-refractivity contribution is 6.21. The Kier molecular flexibility index (Phi) is 4.74. The van der Waals surface area contributed by atoms with Gasteiger partial charge in [0, 0.05) is 13.0 Å². The minimum Gasteiger partial charge on any atom is -0.274 e. The molecule has 0 saturated carbocycles. The molecule has 0 radical (unpaired) electrons. The molecule has 26 heavy (non-hydrogen) atoms. The zero-order valence-corrected chi connectivity index (χ0v) is 13.5. The standard InChI is InChI=1S/C18H14FN3O4/c19-14-8-4-3-7-13(14)16(24)21-20-15(23)9-10-22-17(25)11-5-1-2-6-12(11)18(22)26/h1-8H,9-10H2,(H,20,23)(H,21,24). The second-order valence-electron chi connectivity index (χ2n) is 5.54. The Hall–Kier alpha value is -3.55. The SMILES string of the molecule is O=C(CCN1C(=O)c2ccccc2C1=O)NNC(=O)c1ccccc1F. The molecule has 0 fully saturated rings. The zero-order chi connectivity index (χ0) is 18.7. The van der Waals surface area contributed by atoms with Gasteiger partial charge in [0.2, 0.25) is 5.91 Å². The molecule has 2 aromatic carbocycles. The molecule has 2 N–H and O–H groups in total. The normalized spacial score (nSPS) is 12.7. The van der Waals surface area contributed by atoms with Crippen LogP contribution in [0.3, 0.4) is 0 Å². The number of fused-ring (bicyclic) bond motifs is 1. The van der Waals surface area contributed by atoms with Gasteiger partial charge in [-0.3, -0.25) is 34.9 Å². The van der Waals surface area contributed by atoms with Crippen LogP contribution in [0.15, 0.2) is 48.5 Å². The monoisotopic (exact) mass is 355 g/mol. The summed E-state index contributed by atoms with van der Waals surface area (Å²) in [5.74, 6) is -3.07. The number of nitrogens with zero attached hydrogens (tertiary/aromatic N) is 1. The van der Waals surface area contributed by atoms with E-state index in [1.807, 2.05) is 0 Å². The maximum absolute atomic E-state index is 13.5. The fourth-order valence-corrected chi connectivity index (χ4v) is 2.56. The number of hydrogen-bond acceptors (Lipinski definition) is 4. The average Bonchev–Trinajstić information content (AvgIpc) is 2.89. The number of carbonyl (C=O) groups is 4. The first-order chi connectivity index (χ1) is 12.5. The third-order valence-corrected chi connectivity index (χ3v) is 3.87. The van der Waals surface area contributed by atoms with Gasteiger partial charge in [0.05, 0.1) is 16.7 Å². The minimum atomic E-state index is -0.808. The number of rotatable bonds is 4. The molecule has 0 saturated heterocycles. The van der Waals surface area contributed by atoms with E-state index in [1.165, 1.54) is 18.2 Å². The molecule has 132 valence electrons. The van der Waals surface area contributed by atoms with E-state index in [0.29, 0.717) is 11.1 Å². The van der Waals surface area contributed by atoms with Crippen LogP contribution in [0.25, 0.3) is 0 Å². The van der Waals surface area contributed by atoms with Gasteiger partial charge in [-0.2, -0.15) is 0 Å². The summed E-state index contributed by atoms with van der Waals surface area (Å²) < 4.78 is 13.5. The number of hydrogen-bond donors (Lipinski definition) is 2. The van der Waals surface area contributed by atoms with Crippen LogP contribution >= 0.6 is 0 Å². The van der Waals surface area contributed by atoms with Crippen LogP contribution in [-0.4, -0.2) is 35.1 Å². The summed E-state index contributed by atoms with van der Waals surface area (Å²) >= 11 is 0. The van der Waals surface area contributed by atoms with Gasteiger partial charge < -0.3 is 0 Å². The molecule has 0 unspecified atom stereocenters. The maximum Gasteiger partial charge on any atom is 0.272 e. The summed E-state index contributed by atoms with van der Waals surface area (Å²) in [6.07, 6.45) is -0.205. The number of halogens is 1. The Balaban J connectivity index is 1.52. The van der Waals surface area contributed by atoms with E-state index in [0.717, 1.165) is 11.0 Å². The predicted molar refractivity (Wildman–Crippen MR) is 88.4 cm³/mol. The van der Waals surface area contributed by atoms with Gasteiger partial charge in [-0.25, -0.2) is 4.39 Å². The van der Waals surface area contributed by atoms with Gasteiger partial charge in [-0.15, -0.1) is 0 Å². The molecule has 0 atom stereocenters. The lowest BCUT2D eigenvalue weighted by Gasteiger charge is -2.13. The van der Waals surface area contributed by atoms with Crippen LogP contribution in [0.2, 0.25) is 0 Å². The number of imide groups is 1. The zero-order valence-electron chi connectivity index (χ0n) is 13.5. The van der Waals surface area contributed by atoms with Gasteiger partial charge in [0.25, 0.3) is 17.7 Å². The van der Waals surface area contributed by atoms with Crippen molar-refractivity contribution in [2.75, 3.05) is 6.54 Å². The number of benzene rings is 2. The quantitative estimate of drug-likeness (QED) is 0.638. The highest BCUT2D eigenvalue weighted by Crippen LogP contribution is 2.22. The summed E-state index contributed by atoms with van der Waals surface area (Å²) in [4.78, 5) is 49.0. The largest absolute Gasteiger partial charge is 0.274 e. The average molecular weight is 355 g/mol. The van der Waals surface area contributed by atoms with E-state index in [1.54, 1.807) is 24.3 Å². The molecule has 0 aromatic heterocycles. The second kappa shape index (κ2) is 7.14. The van der Waals surface area contributed by atoms with Crippen LogP contribution in [0.1, 0.15) is 37.5 Å². The predicted octanol–water partition coefficient (Wildman–Crippen LogP) is 1.27. The molecule has 1 aliphatic rings. The highest BCUT2D eigenvalue weighted by atomic mass is 19.1. The Morgan fingerprint density at radius 1 is 0.885 bits per heavy atom. The topological polar surface area (TPSA) is 95.6 Å². The van der Waals surface area contributed by atoms with Crippen molar-refractivity contribution >= 4 is 23.6 Å². The van der Waals surface area contributed by atoms with Gasteiger partial charge in [0.15, 0.2) is 0 Å². The van der Waals surface area contributed by atoms with Crippen molar-refractivity contribution in [2.45, 2.75) is 6.42 Å². The molecular formula is C18H14FN3O4. The third-order valence-electron chi connectivity index (χ3n) is 3.87. The van der Waals surface area contributed by atoms with E-state index in [4.69, 9.17) is 0 Å². The molecule has 3 rings (SSSR count). The summed E-state index contributed by atoms with van der Waals surface area (Å²) in [6, 6.07) is 11.7. The lowest BCUT2D eigenvalue weighted by atomic mass is 10.1. The van der Waals surface area contributed by atoms with Crippen LogP contribution in [-0.2, 0) is 4.79 Å². The number of nitrogens with one attached hydrogen (secondary N) is 2. The molecular weight excluding hydrogens is 341 g/mol. The molecule has 0 bridgehead atoms. The van der Waals surface area contributed by atoms with Gasteiger partial charge in [0.1, 0.15) is 5.82 Å². The molecule has 7 nitrogen and oxygen atoms in total. The van der Waals surface area contributed by atoms with Crippen molar-refractivity contribution in [3.8, 4) is 0 Å². The Morgan fingerprint density at radius 3 is 2.08 bits per heavy atom.